The van der Waals surface area contributed by atoms with E-state index in [0.717, 1.165) is 41.5 Å². The summed E-state index contributed by atoms with van der Waals surface area (Å²) in [6.07, 6.45) is 3.63. The molecule has 1 aliphatic rings. The molecule has 0 aromatic carbocycles. The summed E-state index contributed by atoms with van der Waals surface area (Å²) in [5.74, 6) is -1.15. The van der Waals surface area contributed by atoms with Gasteiger partial charge in [0.1, 0.15) is 5.92 Å². The highest BCUT2D eigenvalue weighted by molar-refractivity contribution is 7.15. The Bertz CT molecular complexity index is 622. The summed E-state index contributed by atoms with van der Waals surface area (Å²) in [5.41, 5.74) is 0.803. The first-order chi connectivity index (χ1) is 10.1. The quantitative estimate of drug-likeness (QED) is 0.917. The average Bonchev–Trinajstić information content (AvgIpc) is 3.12. The van der Waals surface area contributed by atoms with Gasteiger partial charge in [-0.3, -0.25) is 4.79 Å². The lowest BCUT2D eigenvalue weighted by Gasteiger charge is -2.16. The van der Waals surface area contributed by atoms with E-state index in [9.17, 15) is 9.90 Å². The molecule has 4 nitrogen and oxygen atoms in total. The Hall–Kier alpha value is -1.40. The maximum atomic E-state index is 11.3. The molecule has 3 rings (SSSR count). The van der Waals surface area contributed by atoms with E-state index in [1.165, 1.54) is 4.88 Å². The Morgan fingerprint density at radius 1 is 1.57 bits per heavy atom. The number of carboxylic acid groups (broad SMARTS) is 1. The second kappa shape index (κ2) is 6.15. The van der Waals surface area contributed by atoms with Gasteiger partial charge in [0.25, 0.3) is 0 Å². The maximum absolute atomic E-state index is 11.3. The van der Waals surface area contributed by atoms with Crippen LogP contribution in [0.5, 0.6) is 0 Å². The first-order valence-electron chi connectivity index (χ1n) is 7.11. The average molecular weight is 322 g/mol. The third kappa shape index (κ3) is 3.11. The molecule has 112 valence electrons. The number of rotatable bonds is 5. The summed E-state index contributed by atoms with van der Waals surface area (Å²) >= 11 is 3.43. The van der Waals surface area contributed by atoms with E-state index in [4.69, 9.17) is 0 Å². The van der Waals surface area contributed by atoms with Crippen LogP contribution in [-0.4, -0.2) is 29.7 Å². The highest BCUT2D eigenvalue weighted by Crippen LogP contribution is 2.37. The first-order valence-corrected chi connectivity index (χ1v) is 8.80. The topological polar surface area (TPSA) is 53.4 Å². The van der Waals surface area contributed by atoms with Crippen molar-refractivity contribution in [1.29, 1.82) is 0 Å². The summed E-state index contributed by atoms with van der Waals surface area (Å²) in [6, 6.07) is 4.21. The Kier molecular flexibility index (Phi) is 4.26. The predicted molar refractivity (Wildman–Crippen MR) is 86.7 cm³/mol. The molecule has 1 aliphatic carbocycles. The van der Waals surface area contributed by atoms with Crippen molar-refractivity contribution in [2.24, 2.45) is 0 Å². The molecule has 21 heavy (non-hydrogen) atoms. The number of hydrogen-bond donors (Lipinski definition) is 1. The standard InChI is InChI=1S/C15H18N2O2S2/c1-17(8-7-10-4-3-9-20-10)15-16-13-11(14(18)19)5-2-6-12(13)21-15/h3-4,9,11H,2,5-8H2,1H3,(H,18,19). The number of anilines is 1. The third-order valence-corrected chi connectivity index (χ3v) is 6.02. The SMILES string of the molecule is CN(CCc1cccs1)c1nc2c(s1)CCCC2C(=O)O. The molecule has 0 aliphatic heterocycles. The number of fused-ring (bicyclic) bond motifs is 1. The molecule has 0 fully saturated rings. The van der Waals surface area contributed by atoms with Crippen LogP contribution in [0.2, 0.25) is 0 Å². The van der Waals surface area contributed by atoms with Crippen LogP contribution in [-0.2, 0) is 17.6 Å². The molecular weight excluding hydrogens is 304 g/mol. The molecule has 2 aromatic heterocycles. The fourth-order valence-electron chi connectivity index (χ4n) is 2.64. The lowest BCUT2D eigenvalue weighted by Crippen LogP contribution is -2.20. The smallest absolute Gasteiger partial charge is 0.312 e. The number of hydrogen-bond acceptors (Lipinski definition) is 5. The van der Waals surface area contributed by atoms with Crippen LogP contribution in [0.1, 0.15) is 34.2 Å². The van der Waals surface area contributed by atoms with E-state index in [0.29, 0.717) is 6.42 Å². The summed E-state index contributed by atoms with van der Waals surface area (Å²) < 4.78 is 0. The van der Waals surface area contributed by atoms with Crippen molar-refractivity contribution in [2.45, 2.75) is 31.6 Å². The number of aliphatic carboxylic acids is 1. The molecule has 0 saturated heterocycles. The van der Waals surface area contributed by atoms with Gasteiger partial charge in [0.15, 0.2) is 5.13 Å². The molecule has 0 bridgehead atoms. The van der Waals surface area contributed by atoms with Crippen LogP contribution >= 0.6 is 22.7 Å². The second-order valence-electron chi connectivity index (χ2n) is 5.34. The van der Waals surface area contributed by atoms with E-state index in [1.54, 1.807) is 22.7 Å². The summed E-state index contributed by atoms with van der Waals surface area (Å²) in [5, 5.41) is 12.4. The highest BCUT2D eigenvalue weighted by Gasteiger charge is 2.30. The molecule has 1 unspecified atom stereocenters. The van der Waals surface area contributed by atoms with Gasteiger partial charge in [-0.1, -0.05) is 6.07 Å². The van der Waals surface area contributed by atoms with Crippen LogP contribution in [0.15, 0.2) is 17.5 Å². The van der Waals surface area contributed by atoms with Crippen LogP contribution in [0.3, 0.4) is 0 Å². The Morgan fingerprint density at radius 2 is 2.43 bits per heavy atom. The number of aromatic nitrogens is 1. The van der Waals surface area contributed by atoms with Gasteiger partial charge in [0.2, 0.25) is 0 Å². The van der Waals surface area contributed by atoms with E-state index in [-0.39, 0.29) is 0 Å². The predicted octanol–water partition coefficient (Wildman–Crippen LogP) is 3.39. The lowest BCUT2D eigenvalue weighted by atomic mass is 9.91. The minimum Gasteiger partial charge on any atom is -0.481 e. The maximum Gasteiger partial charge on any atom is 0.312 e. The molecule has 1 atom stereocenters. The van der Waals surface area contributed by atoms with Gasteiger partial charge < -0.3 is 10.0 Å². The van der Waals surface area contributed by atoms with Crippen molar-refractivity contribution in [3.8, 4) is 0 Å². The van der Waals surface area contributed by atoms with Crippen LogP contribution in [0.25, 0.3) is 0 Å². The molecular formula is C15H18N2O2S2. The fourth-order valence-corrected chi connectivity index (χ4v) is 4.49. The van der Waals surface area contributed by atoms with Crippen molar-refractivity contribution in [3.05, 3.63) is 33.0 Å². The third-order valence-electron chi connectivity index (χ3n) is 3.84. The minimum atomic E-state index is -0.742. The largest absolute Gasteiger partial charge is 0.481 e. The summed E-state index contributed by atoms with van der Waals surface area (Å²) in [7, 11) is 2.04. The van der Waals surface area contributed by atoms with E-state index in [1.807, 2.05) is 7.05 Å². The molecule has 0 spiro atoms. The Balaban J connectivity index is 1.72. The molecule has 0 radical (unpaired) electrons. The van der Waals surface area contributed by atoms with Crippen molar-refractivity contribution in [1.82, 2.24) is 4.98 Å². The number of thiazole rings is 1. The molecule has 2 heterocycles. The summed E-state index contributed by atoms with van der Waals surface area (Å²) in [6.45, 7) is 0.907. The van der Waals surface area contributed by atoms with Gasteiger partial charge in [-0.05, 0) is 37.1 Å². The van der Waals surface area contributed by atoms with Gasteiger partial charge in [0.05, 0.1) is 5.69 Å². The van der Waals surface area contributed by atoms with Gasteiger partial charge in [0, 0.05) is 23.3 Å². The zero-order valence-electron chi connectivity index (χ0n) is 11.9. The number of nitrogens with zero attached hydrogens (tertiary/aromatic N) is 2. The number of carbonyl (C=O) groups is 1. The fraction of sp³-hybridized carbons (Fsp3) is 0.467. The molecule has 6 heteroatoms. The second-order valence-corrected chi connectivity index (χ2v) is 7.43. The molecule has 2 aromatic rings. The Morgan fingerprint density at radius 3 is 3.14 bits per heavy atom. The first kappa shape index (κ1) is 14.5. The van der Waals surface area contributed by atoms with Crippen LogP contribution < -0.4 is 4.90 Å². The van der Waals surface area contributed by atoms with Gasteiger partial charge >= 0.3 is 5.97 Å². The highest BCUT2D eigenvalue weighted by atomic mass is 32.1. The zero-order chi connectivity index (χ0) is 14.8. The monoisotopic (exact) mass is 322 g/mol. The normalized spacial score (nSPS) is 17.5. The van der Waals surface area contributed by atoms with E-state index >= 15 is 0 Å². The van der Waals surface area contributed by atoms with Crippen molar-refractivity contribution < 1.29 is 9.90 Å². The van der Waals surface area contributed by atoms with E-state index < -0.39 is 11.9 Å². The van der Waals surface area contributed by atoms with Crippen LogP contribution in [0, 0.1) is 0 Å². The molecule has 0 amide bonds. The van der Waals surface area contributed by atoms with Crippen molar-refractivity contribution in [2.75, 3.05) is 18.5 Å². The van der Waals surface area contributed by atoms with Crippen molar-refractivity contribution in [3.63, 3.8) is 0 Å². The minimum absolute atomic E-state index is 0.413. The van der Waals surface area contributed by atoms with E-state index in [2.05, 4.69) is 27.4 Å². The van der Waals surface area contributed by atoms with Gasteiger partial charge in [-0.25, -0.2) is 4.98 Å². The number of carboxylic acids is 1. The van der Waals surface area contributed by atoms with Crippen LogP contribution in [0.4, 0.5) is 5.13 Å². The van der Waals surface area contributed by atoms with Gasteiger partial charge in [-0.15, -0.1) is 22.7 Å². The zero-order valence-corrected chi connectivity index (χ0v) is 13.5. The molecule has 1 N–H and O–H groups in total. The summed E-state index contributed by atoms with van der Waals surface area (Å²) in [4.78, 5) is 20.6. The Labute approximate surface area is 132 Å². The molecule has 0 saturated carbocycles. The number of likely N-dealkylation sites (N-methyl/N-ethyl adjacent to an activating group) is 1. The number of aryl methyl sites for hydroxylation is 1. The van der Waals surface area contributed by atoms with Gasteiger partial charge in [-0.2, -0.15) is 0 Å². The lowest BCUT2D eigenvalue weighted by molar-refractivity contribution is -0.139. The van der Waals surface area contributed by atoms with Crippen molar-refractivity contribution >= 4 is 33.8 Å². The number of thiophene rings is 1.